The standard InChI is InChI=1S/C24H17ClN2O5/c25-15-6-8-21(18(10-15)24(30)31)27-23(29)22(28)19-12-26-20-9-7-16(11-17(19)20)32-13-14-4-2-1-3-5-14/h1-12,26H,13H2,(H,27,29)(H,30,31). The Morgan fingerprint density at radius 2 is 1.75 bits per heavy atom. The van der Waals surface area contributed by atoms with Crippen LogP contribution in [0.1, 0.15) is 26.3 Å². The van der Waals surface area contributed by atoms with Crippen molar-refractivity contribution in [3.63, 3.8) is 0 Å². The maximum atomic E-state index is 12.8. The van der Waals surface area contributed by atoms with Gasteiger partial charge in [-0.3, -0.25) is 9.59 Å². The number of rotatable bonds is 7. The third kappa shape index (κ3) is 4.48. The molecule has 3 N–H and O–H groups in total. The molecule has 0 spiro atoms. The summed E-state index contributed by atoms with van der Waals surface area (Å²) in [5.41, 5.74) is 1.56. The number of fused-ring (bicyclic) bond motifs is 1. The zero-order valence-electron chi connectivity index (χ0n) is 16.6. The Labute approximate surface area is 187 Å². The molecular formula is C24H17ClN2O5. The van der Waals surface area contributed by atoms with E-state index in [4.69, 9.17) is 16.3 Å². The first-order valence-electron chi connectivity index (χ1n) is 9.59. The lowest BCUT2D eigenvalue weighted by Gasteiger charge is -2.09. The summed E-state index contributed by atoms with van der Waals surface area (Å²) in [5, 5.41) is 12.4. The van der Waals surface area contributed by atoms with Gasteiger partial charge in [-0.2, -0.15) is 0 Å². The molecule has 1 heterocycles. The van der Waals surface area contributed by atoms with Crippen LogP contribution in [0, 0.1) is 0 Å². The Bertz CT molecular complexity index is 1330. The molecule has 1 amide bonds. The smallest absolute Gasteiger partial charge is 0.337 e. The van der Waals surface area contributed by atoms with Crippen molar-refractivity contribution in [2.24, 2.45) is 0 Å². The van der Waals surface area contributed by atoms with Gasteiger partial charge in [0.1, 0.15) is 12.4 Å². The van der Waals surface area contributed by atoms with Gasteiger partial charge in [-0.05, 0) is 42.0 Å². The maximum Gasteiger partial charge on any atom is 0.337 e. The van der Waals surface area contributed by atoms with Gasteiger partial charge in [-0.1, -0.05) is 41.9 Å². The second-order valence-corrected chi connectivity index (χ2v) is 7.40. The van der Waals surface area contributed by atoms with Gasteiger partial charge >= 0.3 is 5.97 Å². The van der Waals surface area contributed by atoms with Crippen LogP contribution in [0.15, 0.2) is 72.9 Å². The lowest BCUT2D eigenvalue weighted by atomic mass is 10.1. The van der Waals surface area contributed by atoms with E-state index in [1.165, 1.54) is 24.4 Å². The first-order valence-corrected chi connectivity index (χ1v) is 9.96. The van der Waals surface area contributed by atoms with Gasteiger partial charge in [0.2, 0.25) is 0 Å². The number of carbonyl (C=O) groups excluding carboxylic acids is 2. The quantitative estimate of drug-likeness (QED) is 0.274. The van der Waals surface area contributed by atoms with Gasteiger partial charge in [-0.15, -0.1) is 0 Å². The van der Waals surface area contributed by atoms with Crippen molar-refractivity contribution in [3.05, 3.63) is 94.6 Å². The fraction of sp³-hybridized carbons (Fsp3) is 0.0417. The molecule has 0 aliphatic heterocycles. The number of ether oxygens (including phenoxy) is 1. The van der Waals surface area contributed by atoms with E-state index in [9.17, 15) is 19.5 Å². The van der Waals surface area contributed by atoms with Crippen molar-refractivity contribution >= 4 is 45.9 Å². The Morgan fingerprint density at radius 1 is 0.969 bits per heavy atom. The van der Waals surface area contributed by atoms with E-state index in [0.717, 1.165) is 5.56 Å². The molecule has 0 unspecified atom stereocenters. The van der Waals surface area contributed by atoms with E-state index in [1.807, 2.05) is 30.3 Å². The van der Waals surface area contributed by atoms with Crippen LogP contribution in [0.5, 0.6) is 5.75 Å². The number of H-pyrrole nitrogens is 1. The third-order valence-electron chi connectivity index (χ3n) is 4.81. The highest BCUT2D eigenvalue weighted by Gasteiger charge is 2.22. The predicted molar refractivity (Wildman–Crippen MR) is 120 cm³/mol. The molecule has 1 aromatic heterocycles. The third-order valence-corrected chi connectivity index (χ3v) is 5.05. The highest BCUT2D eigenvalue weighted by atomic mass is 35.5. The molecule has 0 bridgehead atoms. The fourth-order valence-electron chi connectivity index (χ4n) is 3.22. The van der Waals surface area contributed by atoms with Crippen molar-refractivity contribution in [1.29, 1.82) is 0 Å². The molecule has 0 aliphatic rings. The Morgan fingerprint density at radius 3 is 2.50 bits per heavy atom. The summed E-state index contributed by atoms with van der Waals surface area (Å²) in [6.45, 7) is 0.356. The molecular weight excluding hydrogens is 432 g/mol. The number of hydrogen-bond acceptors (Lipinski definition) is 4. The van der Waals surface area contributed by atoms with Gasteiger partial charge in [0.15, 0.2) is 0 Å². The summed E-state index contributed by atoms with van der Waals surface area (Å²) >= 11 is 5.83. The van der Waals surface area contributed by atoms with Gasteiger partial charge < -0.3 is 20.1 Å². The molecule has 0 aliphatic carbocycles. The molecule has 0 atom stereocenters. The SMILES string of the molecule is O=C(Nc1ccc(Cl)cc1C(=O)O)C(=O)c1c[nH]c2ccc(OCc3ccccc3)cc12. The lowest BCUT2D eigenvalue weighted by molar-refractivity contribution is -0.112. The van der Waals surface area contributed by atoms with Crippen LogP contribution >= 0.6 is 11.6 Å². The van der Waals surface area contributed by atoms with Crippen LogP contribution in [-0.2, 0) is 11.4 Å². The average molecular weight is 449 g/mol. The number of halogens is 1. The normalized spacial score (nSPS) is 10.7. The lowest BCUT2D eigenvalue weighted by Crippen LogP contribution is -2.23. The average Bonchev–Trinajstić information content (AvgIpc) is 3.22. The molecule has 0 saturated carbocycles. The number of anilines is 1. The highest BCUT2D eigenvalue weighted by molar-refractivity contribution is 6.48. The Kier molecular flexibility index (Phi) is 5.91. The summed E-state index contributed by atoms with van der Waals surface area (Å²) in [7, 11) is 0. The van der Waals surface area contributed by atoms with Crippen LogP contribution in [0.2, 0.25) is 5.02 Å². The monoisotopic (exact) mass is 448 g/mol. The minimum absolute atomic E-state index is 0.0213. The number of aromatic amines is 1. The number of aromatic carboxylic acids is 1. The number of carbonyl (C=O) groups is 3. The molecule has 4 aromatic rings. The summed E-state index contributed by atoms with van der Waals surface area (Å²) in [5.74, 6) is -2.52. The van der Waals surface area contributed by atoms with Gasteiger partial charge in [-0.25, -0.2) is 4.79 Å². The predicted octanol–water partition coefficient (Wildman–Crippen LogP) is 4.92. The number of nitrogens with one attached hydrogen (secondary N) is 2. The molecule has 0 fully saturated rings. The number of ketones is 1. The van der Waals surface area contributed by atoms with Crippen molar-refractivity contribution in [3.8, 4) is 5.75 Å². The van der Waals surface area contributed by atoms with Gasteiger partial charge in [0.05, 0.1) is 16.8 Å². The number of aromatic nitrogens is 1. The molecule has 0 saturated heterocycles. The minimum atomic E-state index is -1.28. The van der Waals surface area contributed by atoms with E-state index in [1.54, 1.807) is 18.2 Å². The zero-order valence-corrected chi connectivity index (χ0v) is 17.3. The maximum absolute atomic E-state index is 12.8. The van der Waals surface area contributed by atoms with E-state index >= 15 is 0 Å². The highest BCUT2D eigenvalue weighted by Crippen LogP contribution is 2.26. The topological polar surface area (TPSA) is 108 Å². The molecule has 32 heavy (non-hydrogen) atoms. The second-order valence-electron chi connectivity index (χ2n) is 6.96. The summed E-state index contributed by atoms with van der Waals surface area (Å²) < 4.78 is 5.81. The first kappa shape index (κ1) is 21.1. The van der Waals surface area contributed by atoms with Crippen LogP contribution in [0.25, 0.3) is 10.9 Å². The van der Waals surface area contributed by atoms with Crippen molar-refractivity contribution in [2.45, 2.75) is 6.61 Å². The van der Waals surface area contributed by atoms with Crippen molar-refractivity contribution in [1.82, 2.24) is 4.98 Å². The molecule has 7 nitrogen and oxygen atoms in total. The van der Waals surface area contributed by atoms with Crippen LogP contribution in [0.3, 0.4) is 0 Å². The molecule has 4 rings (SSSR count). The Hall–Kier alpha value is -4.10. The first-order chi connectivity index (χ1) is 15.4. The minimum Gasteiger partial charge on any atom is -0.489 e. The number of benzene rings is 3. The summed E-state index contributed by atoms with van der Waals surface area (Å²) in [6.07, 6.45) is 1.44. The molecule has 8 heteroatoms. The molecule has 160 valence electrons. The number of hydrogen-bond donors (Lipinski definition) is 3. The number of amides is 1. The fourth-order valence-corrected chi connectivity index (χ4v) is 3.39. The van der Waals surface area contributed by atoms with E-state index in [0.29, 0.717) is 23.3 Å². The number of carboxylic acids is 1. The van der Waals surface area contributed by atoms with Crippen LogP contribution in [-0.4, -0.2) is 27.8 Å². The van der Waals surface area contributed by atoms with Crippen molar-refractivity contribution < 1.29 is 24.2 Å². The van der Waals surface area contributed by atoms with Crippen molar-refractivity contribution in [2.75, 3.05) is 5.32 Å². The van der Waals surface area contributed by atoms with E-state index in [-0.39, 0.29) is 21.8 Å². The largest absolute Gasteiger partial charge is 0.489 e. The number of carboxylic acid groups (broad SMARTS) is 1. The van der Waals surface area contributed by atoms with E-state index < -0.39 is 17.7 Å². The molecule has 0 radical (unpaired) electrons. The van der Waals surface area contributed by atoms with Gasteiger partial charge in [0, 0.05) is 22.1 Å². The second kappa shape index (κ2) is 8.95. The van der Waals surface area contributed by atoms with E-state index in [2.05, 4.69) is 10.3 Å². The summed E-state index contributed by atoms with van der Waals surface area (Å²) in [6, 6.07) is 18.8. The van der Waals surface area contributed by atoms with Gasteiger partial charge in [0.25, 0.3) is 11.7 Å². The van der Waals surface area contributed by atoms with Crippen LogP contribution < -0.4 is 10.1 Å². The zero-order chi connectivity index (χ0) is 22.7. The number of Topliss-reactive ketones (excluding diaryl/α,β-unsaturated/α-hetero) is 1. The summed E-state index contributed by atoms with van der Waals surface area (Å²) in [4.78, 5) is 39.8. The Balaban J connectivity index is 1.55. The molecule has 3 aromatic carbocycles. The van der Waals surface area contributed by atoms with Crippen LogP contribution in [0.4, 0.5) is 5.69 Å².